The number of benzene rings is 1. The van der Waals surface area contributed by atoms with Gasteiger partial charge in [-0.05, 0) is 18.2 Å². The summed E-state index contributed by atoms with van der Waals surface area (Å²) in [6.07, 6.45) is -4.63. The van der Waals surface area contributed by atoms with Crippen LogP contribution in [-0.4, -0.2) is 43.7 Å². The maximum atomic E-state index is 12.8. The number of amides is 1. The van der Waals surface area contributed by atoms with E-state index in [1.807, 2.05) is 4.90 Å². The van der Waals surface area contributed by atoms with Gasteiger partial charge in [0.2, 0.25) is 0 Å². The fourth-order valence-electron chi connectivity index (χ4n) is 2.77. The highest BCUT2D eigenvalue weighted by Gasteiger charge is 2.39. The van der Waals surface area contributed by atoms with E-state index in [4.69, 9.17) is 0 Å². The summed E-state index contributed by atoms with van der Waals surface area (Å²) in [6.45, 7) is 1.82. The number of carbonyl (C=O) groups is 1. The Morgan fingerprint density at radius 1 is 1.35 bits per heavy atom. The first-order valence-electron chi connectivity index (χ1n) is 6.35. The Morgan fingerprint density at radius 2 is 2.10 bits per heavy atom. The Hall–Kier alpha value is -1.76. The lowest BCUT2D eigenvalue weighted by Crippen LogP contribution is -2.62. The molecule has 1 aromatic rings. The van der Waals surface area contributed by atoms with Crippen LogP contribution in [0.4, 0.5) is 18.9 Å². The number of piperazine rings is 1. The molecule has 1 amide bonds. The summed E-state index contributed by atoms with van der Waals surface area (Å²) in [4.78, 5) is 15.7. The molecule has 3 rings (SSSR count). The second-order valence-electron chi connectivity index (χ2n) is 5.02. The van der Waals surface area contributed by atoms with Crippen molar-refractivity contribution < 1.29 is 18.0 Å². The SMILES string of the molecule is CN1C(=O)c2ccc(C(F)(F)F)cc2N2CCNCC12. The summed E-state index contributed by atoms with van der Waals surface area (Å²) in [5.74, 6) is -0.237. The third kappa shape index (κ3) is 1.93. The maximum absolute atomic E-state index is 12.8. The predicted molar refractivity (Wildman–Crippen MR) is 67.5 cm³/mol. The molecule has 7 heteroatoms. The molecule has 2 aliphatic heterocycles. The second-order valence-corrected chi connectivity index (χ2v) is 5.02. The van der Waals surface area contributed by atoms with Gasteiger partial charge >= 0.3 is 6.18 Å². The van der Waals surface area contributed by atoms with Crippen molar-refractivity contribution in [3.8, 4) is 0 Å². The Bertz CT molecular complexity index is 558. The molecule has 1 saturated heterocycles. The minimum absolute atomic E-state index is 0.229. The maximum Gasteiger partial charge on any atom is 0.416 e. The van der Waals surface area contributed by atoms with Gasteiger partial charge < -0.3 is 15.1 Å². The average molecular weight is 285 g/mol. The number of hydrogen-bond donors (Lipinski definition) is 1. The van der Waals surface area contributed by atoms with Gasteiger partial charge in [0.15, 0.2) is 0 Å². The monoisotopic (exact) mass is 285 g/mol. The van der Waals surface area contributed by atoms with Gasteiger partial charge in [-0.25, -0.2) is 0 Å². The number of nitrogens with zero attached hydrogens (tertiary/aromatic N) is 2. The molecule has 0 radical (unpaired) electrons. The van der Waals surface area contributed by atoms with Gasteiger partial charge in [-0.2, -0.15) is 13.2 Å². The average Bonchev–Trinajstić information content (AvgIpc) is 2.43. The zero-order valence-electron chi connectivity index (χ0n) is 10.9. The van der Waals surface area contributed by atoms with Crippen LogP contribution in [0.2, 0.25) is 0 Å². The first-order chi connectivity index (χ1) is 9.39. The van der Waals surface area contributed by atoms with E-state index >= 15 is 0 Å². The second kappa shape index (κ2) is 4.37. The minimum atomic E-state index is -4.40. The lowest BCUT2D eigenvalue weighted by molar-refractivity contribution is -0.137. The van der Waals surface area contributed by atoms with Gasteiger partial charge in [0.05, 0.1) is 16.8 Å². The van der Waals surface area contributed by atoms with Gasteiger partial charge in [-0.15, -0.1) is 0 Å². The molecule has 1 fully saturated rings. The number of anilines is 1. The van der Waals surface area contributed by atoms with Crippen LogP contribution in [0, 0.1) is 0 Å². The lowest BCUT2D eigenvalue weighted by Gasteiger charge is -2.47. The molecule has 0 aromatic heterocycles. The van der Waals surface area contributed by atoms with E-state index in [-0.39, 0.29) is 12.1 Å². The summed E-state index contributed by atoms with van der Waals surface area (Å²) < 4.78 is 38.5. The van der Waals surface area contributed by atoms with Crippen LogP contribution in [0.5, 0.6) is 0 Å². The van der Waals surface area contributed by atoms with Crippen molar-refractivity contribution in [1.82, 2.24) is 10.2 Å². The summed E-state index contributed by atoms with van der Waals surface area (Å²) in [7, 11) is 1.67. The van der Waals surface area contributed by atoms with E-state index in [1.165, 1.54) is 6.07 Å². The number of halogens is 3. The molecule has 2 heterocycles. The van der Waals surface area contributed by atoms with Crippen molar-refractivity contribution in [3.63, 3.8) is 0 Å². The van der Waals surface area contributed by atoms with Gasteiger partial charge in [-0.3, -0.25) is 4.79 Å². The number of fused-ring (bicyclic) bond motifs is 3. The highest BCUT2D eigenvalue weighted by Crippen LogP contribution is 2.37. The number of rotatable bonds is 0. The lowest BCUT2D eigenvalue weighted by atomic mass is 10.0. The van der Waals surface area contributed by atoms with E-state index in [2.05, 4.69) is 5.32 Å². The molecular formula is C13H14F3N3O. The molecular weight excluding hydrogens is 271 g/mol. The first kappa shape index (κ1) is 13.2. The van der Waals surface area contributed by atoms with E-state index in [1.54, 1.807) is 11.9 Å². The Labute approximate surface area is 114 Å². The van der Waals surface area contributed by atoms with Gasteiger partial charge in [0, 0.05) is 26.7 Å². The number of hydrogen-bond acceptors (Lipinski definition) is 3. The summed E-state index contributed by atoms with van der Waals surface area (Å²) in [5.41, 5.74) is -0.000962. The van der Waals surface area contributed by atoms with E-state index in [0.717, 1.165) is 12.1 Å². The molecule has 0 bridgehead atoms. The van der Waals surface area contributed by atoms with Crippen molar-refractivity contribution in [2.24, 2.45) is 0 Å². The van der Waals surface area contributed by atoms with Crippen molar-refractivity contribution in [3.05, 3.63) is 29.3 Å². The van der Waals surface area contributed by atoms with Crippen LogP contribution in [0.3, 0.4) is 0 Å². The Balaban J connectivity index is 2.11. The number of nitrogens with one attached hydrogen (secondary N) is 1. The largest absolute Gasteiger partial charge is 0.416 e. The first-order valence-corrected chi connectivity index (χ1v) is 6.35. The van der Waals surface area contributed by atoms with Crippen molar-refractivity contribution in [1.29, 1.82) is 0 Å². The molecule has 2 aliphatic rings. The van der Waals surface area contributed by atoms with Gasteiger partial charge in [0.1, 0.15) is 6.17 Å². The summed E-state index contributed by atoms with van der Waals surface area (Å²) >= 11 is 0. The molecule has 20 heavy (non-hydrogen) atoms. The quantitative estimate of drug-likeness (QED) is 0.785. The van der Waals surface area contributed by atoms with Crippen molar-refractivity contribution in [2.75, 3.05) is 31.6 Å². The summed E-state index contributed by atoms with van der Waals surface area (Å²) in [5, 5.41) is 3.15. The predicted octanol–water partition coefficient (Wildman–Crippen LogP) is 1.53. The zero-order valence-corrected chi connectivity index (χ0v) is 10.9. The van der Waals surface area contributed by atoms with Crippen LogP contribution in [0.15, 0.2) is 18.2 Å². The third-order valence-electron chi connectivity index (χ3n) is 3.85. The molecule has 0 saturated carbocycles. The number of alkyl halides is 3. The molecule has 1 N–H and O–H groups in total. The topological polar surface area (TPSA) is 35.6 Å². The van der Waals surface area contributed by atoms with Crippen molar-refractivity contribution >= 4 is 11.6 Å². The highest BCUT2D eigenvalue weighted by molar-refractivity contribution is 6.02. The molecule has 4 nitrogen and oxygen atoms in total. The van der Waals surface area contributed by atoms with Crippen LogP contribution >= 0.6 is 0 Å². The molecule has 0 aliphatic carbocycles. The number of carbonyl (C=O) groups excluding carboxylic acids is 1. The third-order valence-corrected chi connectivity index (χ3v) is 3.85. The Morgan fingerprint density at radius 3 is 2.80 bits per heavy atom. The van der Waals surface area contributed by atoms with Gasteiger partial charge in [0.25, 0.3) is 5.91 Å². The molecule has 1 unspecified atom stereocenters. The van der Waals surface area contributed by atoms with Crippen LogP contribution < -0.4 is 10.2 Å². The molecule has 108 valence electrons. The summed E-state index contributed by atoms with van der Waals surface area (Å²) in [6, 6.07) is 3.32. The van der Waals surface area contributed by atoms with E-state index in [9.17, 15) is 18.0 Å². The van der Waals surface area contributed by atoms with Crippen LogP contribution in [-0.2, 0) is 6.18 Å². The molecule has 1 atom stereocenters. The van der Waals surface area contributed by atoms with Gasteiger partial charge in [-0.1, -0.05) is 0 Å². The van der Waals surface area contributed by atoms with E-state index < -0.39 is 11.7 Å². The normalized spacial score (nSPS) is 22.6. The van der Waals surface area contributed by atoms with Crippen LogP contribution in [0.1, 0.15) is 15.9 Å². The molecule has 0 spiro atoms. The van der Waals surface area contributed by atoms with Crippen LogP contribution in [0.25, 0.3) is 0 Å². The highest BCUT2D eigenvalue weighted by atomic mass is 19.4. The minimum Gasteiger partial charge on any atom is -0.348 e. The Kier molecular flexibility index (Phi) is 2.89. The smallest absolute Gasteiger partial charge is 0.348 e. The molecule has 1 aromatic carbocycles. The zero-order chi connectivity index (χ0) is 14.5. The standard InChI is InChI=1S/C13H14F3N3O/c1-18-11-7-17-4-5-19(11)10-6-8(13(14,15)16)2-3-9(10)12(18)20/h2-3,6,11,17H,4-5,7H2,1H3. The van der Waals surface area contributed by atoms with Crippen molar-refractivity contribution in [2.45, 2.75) is 12.3 Å². The number of likely N-dealkylation sites (N-methyl/N-ethyl adjacent to an activating group) is 1. The fraction of sp³-hybridized carbons (Fsp3) is 0.462. The van der Waals surface area contributed by atoms with E-state index in [0.29, 0.717) is 30.9 Å². The fourth-order valence-corrected chi connectivity index (χ4v) is 2.77.